The zero-order valence-corrected chi connectivity index (χ0v) is 10.0. The van der Waals surface area contributed by atoms with E-state index in [1.165, 1.54) is 5.56 Å². The van der Waals surface area contributed by atoms with E-state index in [1.807, 2.05) is 33.0 Å². The summed E-state index contributed by atoms with van der Waals surface area (Å²) in [4.78, 5) is 0. The Kier molecular flexibility index (Phi) is 4.28. The van der Waals surface area contributed by atoms with Crippen molar-refractivity contribution < 1.29 is 4.39 Å². The van der Waals surface area contributed by atoms with Crippen LogP contribution in [0, 0.1) is 19.7 Å². The van der Waals surface area contributed by atoms with E-state index in [4.69, 9.17) is 0 Å². The largest absolute Gasteiger partial charge is 0.313 e. The maximum Gasteiger partial charge on any atom is 0.129 e. The van der Waals surface area contributed by atoms with Gasteiger partial charge in [0.15, 0.2) is 0 Å². The molecule has 1 aromatic carbocycles. The molecule has 0 amide bonds. The molecule has 1 N–H and O–H groups in total. The number of rotatable bonds is 4. The van der Waals surface area contributed by atoms with E-state index < -0.39 is 0 Å². The second-order valence-corrected chi connectivity index (χ2v) is 4.10. The van der Waals surface area contributed by atoms with Crippen LogP contribution >= 0.6 is 0 Å². The van der Waals surface area contributed by atoms with Crippen LogP contribution in [0.15, 0.2) is 12.1 Å². The summed E-state index contributed by atoms with van der Waals surface area (Å²) in [6.07, 6.45) is 2.21. The molecule has 0 bridgehead atoms. The van der Waals surface area contributed by atoms with Crippen LogP contribution in [0.25, 0.3) is 0 Å². The molecule has 1 atom stereocenters. The van der Waals surface area contributed by atoms with Crippen LogP contribution in [-0.4, -0.2) is 7.05 Å². The molecule has 0 aliphatic carbocycles. The van der Waals surface area contributed by atoms with Gasteiger partial charge in [-0.2, -0.15) is 0 Å². The summed E-state index contributed by atoms with van der Waals surface area (Å²) in [6.45, 7) is 5.81. The molecule has 0 aromatic heterocycles. The van der Waals surface area contributed by atoms with Crippen molar-refractivity contribution in [3.05, 3.63) is 34.6 Å². The molecule has 0 heterocycles. The van der Waals surface area contributed by atoms with E-state index in [-0.39, 0.29) is 5.82 Å². The number of hydrogen-bond acceptors (Lipinski definition) is 1. The summed E-state index contributed by atoms with van der Waals surface area (Å²) in [6, 6.07) is 4.23. The SMILES string of the molecule is CCCC(NC)c1cc(C)c(F)c(C)c1. The Bertz CT molecular complexity index is 310. The lowest BCUT2D eigenvalue weighted by Crippen LogP contribution is -2.16. The molecule has 0 aliphatic heterocycles. The number of benzene rings is 1. The zero-order valence-electron chi connectivity index (χ0n) is 10.0. The Balaban J connectivity index is 3.03. The normalized spacial score (nSPS) is 12.9. The summed E-state index contributed by atoms with van der Waals surface area (Å²) in [5.74, 6) is -0.0786. The van der Waals surface area contributed by atoms with E-state index in [2.05, 4.69) is 12.2 Å². The van der Waals surface area contributed by atoms with E-state index in [1.54, 1.807) is 0 Å². The Morgan fingerprint density at radius 3 is 2.20 bits per heavy atom. The van der Waals surface area contributed by atoms with Crippen molar-refractivity contribution >= 4 is 0 Å². The standard InChI is InChI=1S/C13H20FN/c1-5-6-12(15-4)11-7-9(2)13(14)10(3)8-11/h7-8,12,15H,5-6H2,1-4H3. The Labute approximate surface area is 91.7 Å². The maximum atomic E-state index is 13.4. The Morgan fingerprint density at radius 2 is 1.80 bits per heavy atom. The predicted molar refractivity (Wildman–Crippen MR) is 62.6 cm³/mol. The zero-order chi connectivity index (χ0) is 11.4. The van der Waals surface area contributed by atoms with Gasteiger partial charge in [0.2, 0.25) is 0 Å². The summed E-state index contributed by atoms with van der Waals surface area (Å²) in [7, 11) is 1.95. The first-order chi connectivity index (χ1) is 7.10. The molecule has 0 fully saturated rings. The van der Waals surface area contributed by atoms with E-state index in [0.29, 0.717) is 6.04 Å². The first kappa shape index (κ1) is 12.2. The third-order valence-corrected chi connectivity index (χ3v) is 2.79. The van der Waals surface area contributed by atoms with Gasteiger partial charge in [-0.1, -0.05) is 25.5 Å². The monoisotopic (exact) mass is 209 g/mol. The lowest BCUT2D eigenvalue weighted by molar-refractivity contribution is 0.537. The van der Waals surface area contributed by atoms with Gasteiger partial charge in [-0.15, -0.1) is 0 Å². The van der Waals surface area contributed by atoms with Crippen molar-refractivity contribution in [3.8, 4) is 0 Å². The third kappa shape index (κ3) is 2.78. The van der Waals surface area contributed by atoms with Crippen molar-refractivity contribution in [2.75, 3.05) is 7.05 Å². The maximum absolute atomic E-state index is 13.4. The molecule has 1 nitrogen and oxygen atoms in total. The van der Waals surface area contributed by atoms with Gasteiger partial charge in [0, 0.05) is 6.04 Å². The number of nitrogens with one attached hydrogen (secondary N) is 1. The molecule has 0 saturated carbocycles. The van der Waals surface area contributed by atoms with Crippen LogP contribution in [0.1, 0.15) is 42.5 Å². The van der Waals surface area contributed by atoms with Crippen molar-refractivity contribution in [1.82, 2.24) is 5.32 Å². The van der Waals surface area contributed by atoms with Crippen LogP contribution in [0.4, 0.5) is 4.39 Å². The summed E-state index contributed by atoms with van der Waals surface area (Å²) >= 11 is 0. The van der Waals surface area contributed by atoms with Crippen LogP contribution in [-0.2, 0) is 0 Å². The highest BCUT2D eigenvalue weighted by Gasteiger charge is 2.11. The van der Waals surface area contributed by atoms with E-state index in [9.17, 15) is 4.39 Å². The van der Waals surface area contributed by atoms with Gasteiger partial charge in [0.1, 0.15) is 5.82 Å². The topological polar surface area (TPSA) is 12.0 Å². The highest BCUT2D eigenvalue weighted by molar-refractivity contribution is 5.32. The van der Waals surface area contributed by atoms with Crippen LogP contribution < -0.4 is 5.32 Å². The van der Waals surface area contributed by atoms with Crippen LogP contribution in [0.3, 0.4) is 0 Å². The fourth-order valence-corrected chi connectivity index (χ4v) is 1.95. The van der Waals surface area contributed by atoms with Gasteiger partial charge in [-0.25, -0.2) is 4.39 Å². The number of halogens is 1. The highest BCUT2D eigenvalue weighted by Crippen LogP contribution is 2.22. The Hall–Kier alpha value is -0.890. The molecule has 0 radical (unpaired) electrons. The summed E-state index contributed by atoms with van der Waals surface area (Å²) in [5, 5.41) is 3.27. The molecule has 1 aromatic rings. The van der Waals surface area contributed by atoms with Gasteiger partial charge < -0.3 is 5.32 Å². The molecule has 15 heavy (non-hydrogen) atoms. The second-order valence-electron chi connectivity index (χ2n) is 4.10. The van der Waals surface area contributed by atoms with Gasteiger partial charge in [0.25, 0.3) is 0 Å². The highest BCUT2D eigenvalue weighted by atomic mass is 19.1. The molecule has 2 heteroatoms. The van der Waals surface area contributed by atoms with Gasteiger partial charge in [-0.05, 0) is 44.0 Å². The quantitative estimate of drug-likeness (QED) is 0.800. The van der Waals surface area contributed by atoms with Crippen LogP contribution in [0.2, 0.25) is 0 Å². The van der Waals surface area contributed by atoms with Crippen molar-refractivity contribution in [3.63, 3.8) is 0 Å². The van der Waals surface area contributed by atoms with Crippen molar-refractivity contribution in [2.45, 2.75) is 39.7 Å². The minimum atomic E-state index is -0.0786. The third-order valence-electron chi connectivity index (χ3n) is 2.79. The molecular weight excluding hydrogens is 189 g/mol. The summed E-state index contributed by atoms with van der Waals surface area (Å²) < 4.78 is 13.4. The van der Waals surface area contributed by atoms with Gasteiger partial charge >= 0.3 is 0 Å². The second kappa shape index (κ2) is 5.26. The molecule has 1 rings (SSSR count). The molecule has 0 spiro atoms. The van der Waals surface area contributed by atoms with E-state index >= 15 is 0 Å². The lowest BCUT2D eigenvalue weighted by atomic mass is 9.98. The first-order valence-corrected chi connectivity index (χ1v) is 5.54. The average molecular weight is 209 g/mol. The Morgan fingerprint density at radius 1 is 1.27 bits per heavy atom. The lowest BCUT2D eigenvalue weighted by Gasteiger charge is -2.17. The number of aryl methyl sites for hydroxylation is 2. The fraction of sp³-hybridized carbons (Fsp3) is 0.538. The molecule has 0 aliphatic rings. The fourth-order valence-electron chi connectivity index (χ4n) is 1.95. The van der Waals surface area contributed by atoms with Crippen molar-refractivity contribution in [1.29, 1.82) is 0 Å². The minimum absolute atomic E-state index is 0.0786. The van der Waals surface area contributed by atoms with Crippen LogP contribution in [0.5, 0.6) is 0 Å². The van der Waals surface area contributed by atoms with Crippen molar-refractivity contribution in [2.24, 2.45) is 0 Å². The van der Waals surface area contributed by atoms with Gasteiger partial charge in [0.05, 0.1) is 0 Å². The van der Waals surface area contributed by atoms with Gasteiger partial charge in [-0.3, -0.25) is 0 Å². The van der Waals surface area contributed by atoms with E-state index in [0.717, 1.165) is 24.0 Å². The minimum Gasteiger partial charge on any atom is -0.313 e. The first-order valence-electron chi connectivity index (χ1n) is 5.54. The predicted octanol–water partition coefficient (Wildman–Crippen LogP) is 3.50. The summed E-state index contributed by atoms with van der Waals surface area (Å²) in [5.41, 5.74) is 2.67. The molecule has 1 unspecified atom stereocenters. The molecule has 0 saturated heterocycles. The number of hydrogen-bond donors (Lipinski definition) is 1. The smallest absolute Gasteiger partial charge is 0.129 e. The molecular formula is C13H20FN. The molecule has 84 valence electrons. The average Bonchev–Trinajstić information content (AvgIpc) is 2.22.